The third-order valence-electron chi connectivity index (χ3n) is 1.27. The maximum atomic E-state index is 5.78. The molecule has 0 spiro atoms. The Morgan fingerprint density at radius 3 is 3.10 bits per heavy atom. The van der Waals surface area contributed by atoms with Crippen LogP contribution in [0.1, 0.15) is 18.2 Å². The average Bonchev–Trinajstić information content (AvgIpc) is 2.34. The molecule has 1 nitrogen and oxygen atoms in total. The molecule has 56 valence electrons. The van der Waals surface area contributed by atoms with Crippen LogP contribution in [-0.2, 0) is 6.42 Å². The zero-order valence-corrected chi connectivity index (χ0v) is 7.45. The van der Waals surface area contributed by atoms with Gasteiger partial charge in [-0.3, -0.25) is 4.98 Å². The number of nitrogens with zero attached hydrogens (tertiary/aromatic N) is 1. The van der Waals surface area contributed by atoms with E-state index < -0.39 is 0 Å². The van der Waals surface area contributed by atoms with Gasteiger partial charge >= 0.3 is 0 Å². The Labute approximate surface area is 70.1 Å². The van der Waals surface area contributed by atoms with Crippen molar-refractivity contribution in [2.45, 2.75) is 25.1 Å². The molecule has 1 atom stereocenters. The lowest BCUT2D eigenvalue weighted by molar-refractivity contribution is 0.811. The zero-order valence-electron chi connectivity index (χ0n) is 5.88. The highest BCUT2D eigenvalue weighted by Gasteiger charge is 1.98. The van der Waals surface area contributed by atoms with E-state index in [0.29, 0.717) is 0 Å². The molecule has 1 unspecified atom stereocenters. The molecule has 1 heterocycles. The summed E-state index contributed by atoms with van der Waals surface area (Å²) in [5.74, 6) is 0. The highest BCUT2D eigenvalue weighted by Crippen LogP contribution is 2.11. The molecule has 0 aromatic carbocycles. The standard InChI is InChI=1S/C7H10ClNS/c1-6(8)2-3-7-4-9-5-10-7/h4-6H,2-3H2,1H3. The van der Waals surface area contributed by atoms with Crippen LogP contribution in [0.25, 0.3) is 0 Å². The summed E-state index contributed by atoms with van der Waals surface area (Å²) in [6, 6.07) is 0. The Hall–Kier alpha value is -0.0800. The van der Waals surface area contributed by atoms with Crippen molar-refractivity contribution in [3.63, 3.8) is 0 Å². The molecule has 0 aliphatic rings. The topological polar surface area (TPSA) is 12.9 Å². The number of alkyl halides is 1. The Balaban J connectivity index is 2.28. The van der Waals surface area contributed by atoms with Crippen LogP contribution in [-0.4, -0.2) is 10.4 Å². The van der Waals surface area contributed by atoms with E-state index in [4.69, 9.17) is 11.6 Å². The molecule has 0 saturated carbocycles. The summed E-state index contributed by atoms with van der Waals surface area (Å²) in [6.07, 6.45) is 4.02. The number of hydrogen-bond donors (Lipinski definition) is 0. The Kier molecular flexibility index (Phi) is 3.16. The van der Waals surface area contributed by atoms with E-state index in [1.807, 2.05) is 18.6 Å². The van der Waals surface area contributed by atoms with Gasteiger partial charge in [-0.2, -0.15) is 0 Å². The van der Waals surface area contributed by atoms with Gasteiger partial charge in [-0.25, -0.2) is 0 Å². The number of aromatic nitrogens is 1. The third-order valence-corrected chi connectivity index (χ3v) is 2.33. The van der Waals surface area contributed by atoms with Gasteiger partial charge in [0.1, 0.15) is 0 Å². The van der Waals surface area contributed by atoms with E-state index in [9.17, 15) is 0 Å². The molecule has 1 rings (SSSR count). The molecule has 0 N–H and O–H groups in total. The summed E-state index contributed by atoms with van der Waals surface area (Å²) < 4.78 is 0. The molecule has 0 saturated heterocycles. The number of halogens is 1. The summed E-state index contributed by atoms with van der Waals surface area (Å²) in [5, 5.41) is 0.280. The summed E-state index contributed by atoms with van der Waals surface area (Å²) >= 11 is 7.47. The predicted octanol–water partition coefficient (Wildman–Crippen LogP) is 2.70. The van der Waals surface area contributed by atoms with Gasteiger partial charge in [-0.05, 0) is 19.8 Å². The monoisotopic (exact) mass is 175 g/mol. The average molecular weight is 176 g/mol. The lowest BCUT2D eigenvalue weighted by Gasteiger charge is -1.97. The van der Waals surface area contributed by atoms with E-state index >= 15 is 0 Å². The first-order valence-electron chi connectivity index (χ1n) is 3.30. The lowest BCUT2D eigenvalue weighted by Crippen LogP contribution is -1.92. The van der Waals surface area contributed by atoms with E-state index in [1.165, 1.54) is 4.88 Å². The summed E-state index contributed by atoms with van der Waals surface area (Å²) in [7, 11) is 0. The lowest BCUT2D eigenvalue weighted by atomic mass is 10.2. The van der Waals surface area contributed by atoms with Crippen molar-refractivity contribution in [2.24, 2.45) is 0 Å². The first kappa shape index (κ1) is 8.02. The fraction of sp³-hybridized carbons (Fsp3) is 0.571. The van der Waals surface area contributed by atoms with Crippen LogP contribution in [0.2, 0.25) is 0 Å². The summed E-state index contributed by atoms with van der Waals surface area (Å²) in [6.45, 7) is 2.02. The number of rotatable bonds is 3. The van der Waals surface area contributed by atoms with Crippen molar-refractivity contribution in [3.05, 3.63) is 16.6 Å². The van der Waals surface area contributed by atoms with Crippen LogP contribution >= 0.6 is 22.9 Å². The second kappa shape index (κ2) is 3.94. The summed E-state index contributed by atoms with van der Waals surface area (Å²) in [5.41, 5.74) is 1.86. The van der Waals surface area contributed by atoms with Crippen LogP contribution < -0.4 is 0 Å². The zero-order chi connectivity index (χ0) is 7.40. The highest BCUT2D eigenvalue weighted by atomic mass is 35.5. The van der Waals surface area contributed by atoms with Crippen molar-refractivity contribution in [1.29, 1.82) is 0 Å². The largest absolute Gasteiger partial charge is 0.253 e. The number of aryl methyl sites for hydroxylation is 1. The van der Waals surface area contributed by atoms with Crippen LogP contribution in [0, 0.1) is 0 Å². The molecule has 0 bridgehead atoms. The number of thiazole rings is 1. The molecule has 0 fully saturated rings. The normalized spacial score (nSPS) is 13.4. The van der Waals surface area contributed by atoms with Gasteiger partial charge in [-0.15, -0.1) is 22.9 Å². The van der Waals surface area contributed by atoms with Crippen molar-refractivity contribution in [2.75, 3.05) is 0 Å². The molecule has 0 aliphatic carbocycles. The summed E-state index contributed by atoms with van der Waals surface area (Å²) in [4.78, 5) is 5.30. The van der Waals surface area contributed by atoms with Crippen molar-refractivity contribution < 1.29 is 0 Å². The van der Waals surface area contributed by atoms with Gasteiger partial charge in [0.2, 0.25) is 0 Å². The molecule has 3 heteroatoms. The highest BCUT2D eigenvalue weighted by molar-refractivity contribution is 7.09. The fourth-order valence-corrected chi connectivity index (χ4v) is 1.43. The molecule has 10 heavy (non-hydrogen) atoms. The minimum Gasteiger partial charge on any atom is -0.253 e. The first-order valence-corrected chi connectivity index (χ1v) is 4.62. The van der Waals surface area contributed by atoms with Crippen LogP contribution in [0.5, 0.6) is 0 Å². The smallest absolute Gasteiger partial charge is 0.0794 e. The van der Waals surface area contributed by atoms with E-state index in [1.54, 1.807) is 11.3 Å². The van der Waals surface area contributed by atoms with Crippen LogP contribution in [0.4, 0.5) is 0 Å². The predicted molar refractivity (Wildman–Crippen MR) is 45.8 cm³/mol. The van der Waals surface area contributed by atoms with Gasteiger partial charge < -0.3 is 0 Å². The van der Waals surface area contributed by atoms with Gasteiger partial charge in [0, 0.05) is 16.5 Å². The minimum atomic E-state index is 0.280. The molecular formula is C7H10ClNS. The molecule has 1 aromatic heterocycles. The fourth-order valence-electron chi connectivity index (χ4n) is 0.707. The van der Waals surface area contributed by atoms with Gasteiger partial charge in [-0.1, -0.05) is 0 Å². The Morgan fingerprint density at radius 1 is 1.80 bits per heavy atom. The third kappa shape index (κ3) is 2.67. The Bertz CT molecular complexity index is 172. The molecule has 0 aliphatic heterocycles. The van der Waals surface area contributed by atoms with Crippen molar-refractivity contribution in [3.8, 4) is 0 Å². The van der Waals surface area contributed by atoms with E-state index in [-0.39, 0.29) is 5.38 Å². The second-order valence-corrected chi connectivity index (χ2v) is 4.00. The van der Waals surface area contributed by atoms with Crippen molar-refractivity contribution in [1.82, 2.24) is 4.98 Å². The van der Waals surface area contributed by atoms with Crippen molar-refractivity contribution >= 4 is 22.9 Å². The van der Waals surface area contributed by atoms with Crippen LogP contribution in [0.3, 0.4) is 0 Å². The van der Waals surface area contributed by atoms with Gasteiger partial charge in [0.15, 0.2) is 0 Å². The first-order chi connectivity index (χ1) is 4.79. The van der Waals surface area contributed by atoms with Gasteiger partial charge in [0.05, 0.1) is 5.51 Å². The Morgan fingerprint density at radius 2 is 2.60 bits per heavy atom. The minimum absolute atomic E-state index is 0.280. The van der Waals surface area contributed by atoms with E-state index in [0.717, 1.165) is 12.8 Å². The van der Waals surface area contributed by atoms with Crippen LogP contribution in [0.15, 0.2) is 11.7 Å². The quantitative estimate of drug-likeness (QED) is 0.644. The molecule has 0 amide bonds. The van der Waals surface area contributed by atoms with E-state index in [2.05, 4.69) is 4.98 Å². The second-order valence-electron chi connectivity index (χ2n) is 2.29. The maximum Gasteiger partial charge on any atom is 0.0794 e. The SMILES string of the molecule is CC(Cl)CCc1cncs1. The molecule has 1 aromatic rings. The maximum absolute atomic E-state index is 5.78. The number of hydrogen-bond acceptors (Lipinski definition) is 2. The molecular weight excluding hydrogens is 166 g/mol. The molecule has 0 radical (unpaired) electrons. The van der Waals surface area contributed by atoms with Gasteiger partial charge in [0.25, 0.3) is 0 Å².